The van der Waals surface area contributed by atoms with Crippen molar-refractivity contribution in [3.05, 3.63) is 40.5 Å². The van der Waals surface area contributed by atoms with Gasteiger partial charge in [-0.2, -0.15) is 13.2 Å². The summed E-state index contributed by atoms with van der Waals surface area (Å²) in [6.45, 7) is -2.20. The number of aromatic nitrogens is 1. The second-order valence-corrected chi connectivity index (χ2v) is 7.03. The molecule has 0 spiro atoms. The summed E-state index contributed by atoms with van der Waals surface area (Å²) < 4.78 is 43.1. The van der Waals surface area contributed by atoms with E-state index < -0.39 is 31.2 Å². The number of halogens is 3. The van der Waals surface area contributed by atoms with Crippen molar-refractivity contribution in [1.29, 1.82) is 0 Å². The smallest absolute Gasteiger partial charge is 0.405 e. The number of carbonyl (C=O) groups is 2. The maximum absolute atomic E-state index is 12.6. The molecular formula is C17H17F3N2O3S. The number of amides is 1. The molecule has 9 heteroatoms. The summed E-state index contributed by atoms with van der Waals surface area (Å²) in [5.41, 5.74) is 1.33. The molecule has 0 fully saturated rings. The third-order valence-electron chi connectivity index (χ3n) is 4.02. The van der Waals surface area contributed by atoms with E-state index in [9.17, 15) is 22.8 Å². The number of fused-ring (bicyclic) bond motifs is 1. The number of esters is 1. The Morgan fingerprint density at radius 2 is 1.88 bits per heavy atom. The minimum absolute atomic E-state index is 0.407. The monoisotopic (exact) mass is 386 g/mol. The van der Waals surface area contributed by atoms with Gasteiger partial charge in [0.1, 0.15) is 11.5 Å². The molecule has 1 N–H and O–H groups in total. The van der Waals surface area contributed by atoms with E-state index in [4.69, 9.17) is 4.74 Å². The molecule has 0 aliphatic heterocycles. The van der Waals surface area contributed by atoms with Crippen LogP contribution in [0.1, 0.15) is 33.6 Å². The van der Waals surface area contributed by atoms with Crippen LogP contribution >= 0.6 is 11.3 Å². The lowest BCUT2D eigenvalue weighted by Crippen LogP contribution is -2.36. The second-order valence-electron chi connectivity index (χ2n) is 5.95. The summed E-state index contributed by atoms with van der Waals surface area (Å²) in [6, 6.07) is 3.66. The van der Waals surface area contributed by atoms with Gasteiger partial charge in [0.05, 0.1) is 5.56 Å². The van der Waals surface area contributed by atoms with E-state index >= 15 is 0 Å². The van der Waals surface area contributed by atoms with E-state index in [-0.39, 0.29) is 0 Å². The number of nitrogens with zero attached hydrogens (tertiary/aromatic N) is 1. The van der Waals surface area contributed by atoms with Crippen LogP contribution < -0.4 is 5.32 Å². The lowest BCUT2D eigenvalue weighted by molar-refractivity contribution is -0.140. The van der Waals surface area contributed by atoms with E-state index in [1.54, 1.807) is 5.32 Å². The standard InChI is InChI=1S/C17H17F3N2O3S/c18-17(19,20)10-21-13(23)9-25-16(24)14-11-5-1-2-6-12(11)26-15(14)22-7-3-4-8-22/h3-4,7-8H,1-2,5-6,9-10H2,(H,21,23). The molecule has 1 amide bonds. The summed E-state index contributed by atoms with van der Waals surface area (Å²) in [6.07, 6.45) is 2.75. The first kappa shape index (κ1) is 18.5. The molecule has 2 aromatic heterocycles. The number of aryl methyl sites for hydroxylation is 1. The van der Waals surface area contributed by atoms with Gasteiger partial charge in [0.15, 0.2) is 6.61 Å². The number of ether oxygens (including phenoxy) is 1. The fraction of sp³-hybridized carbons (Fsp3) is 0.412. The van der Waals surface area contributed by atoms with Gasteiger partial charge in [-0.15, -0.1) is 11.3 Å². The molecule has 1 aliphatic carbocycles. The van der Waals surface area contributed by atoms with Gasteiger partial charge >= 0.3 is 12.1 Å². The Bertz CT molecular complexity index is 797. The van der Waals surface area contributed by atoms with Crippen LogP contribution in [0.25, 0.3) is 5.00 Å². The van der Waals surface area contributed by atoms with Crippen molar-refractivity contribution in [2.75, 3.05) is 13.2 Å². The highest BCUT2D eigenvalue weighted by Gasteiger charge is 2.29. The Morgan fingerprint density at radius 3 is 2.58 bits per heavy atom. The average Bonchev–Trinajstić information content (AvgIpc) is 3.24. The van der Waals surface area contributed by atoms with Crippen molar-refractivity contribution in [1.82, 2.24) is 9.88 Å². The summed E-state index contributed by atoms with van der Waals surface area (Å²) >= 11 is 1.51. The number of thiophene rings is 1. The molecule has 0 radical (unpaired) electrons. The van der Waals surface area contributed by atoms with Gasteiger partial charge in [0.2, 0.25) is 0 Å². The molecule has 0 atom stereocenters. The van der Waals surface area contributed by atoms with E-state index in [0.717, 1.165) is 36.1 Å². The number of carbonyl (C=O) groups excluding carboxylic acids is 2. The lowest BCUT2D eigenvalue weighted by atomic mass is 9.95. The van der Waals surface area contributed by atoms with Crippen molar-refractivity contribution in [2.45, 2.75) is 31.9 Å². The molecule has 1 aliphatic rings. The Hall–Kier alpha value is -2.29. The summed E-state index contributed by atoms with van der Waals surface area (Å²) in [5, 5.41) is 2.39. The van der Waals surface area contributed by atoms with Gasteiger partial charge in [0, 0.05) is 17.3 Å². The highest BCUT2D eigenvalue weighted by Crippen LogP contribution is 2.37. The maximum Gasteiger partial charge on any atom is 0.405 e. The SMILES string of the molecule is O=C(COC(=O)c1c(-n2cccc2)sc2c1CCCC2)NCC(F)(F)F. The van der Waals surface area contributed by atoms with Crippen molar-refractivity contribution in [3.8, 4) is 5.00 Å². The molecule has 0 saturated carbocycles. The van der Waals surface area contributed by atoms with Crippen LogP contribution in [0.15, 0.2) is 24.5 Å². The molecule has 2 heterocycles. The van der Waals surface area contributed by atoms with Crippen molar-refractivity contribution in [3.63, 3.8) is 0 Å². The number of alkyl halides is 3. The molecule has 3 rings (SSSR count). The molecule has 2 aromatic rings. The maximum atomic E-state index is 12.6. The number of hydrogen-bond acceptors (Lipinski definition) is 4. The highest BCUT2D eigenvalue weighted by molar-refractivity contribution is 7.15. The van der Waals surface area contributed by atoms with Crippen LogP contribution in [0.5, 0.6) is 0 Å². The van der Waals surface area contributed by atoms with E-state index in [1.807, 2.05) is 29.1 Å². The predicted octanol–water partition coefficient (Wildman–Crippen LogP) is 3.25. The normalized spacial score (nSPS) is 14.0. The minimum Gasteiger partial charge on any atom is -0.452 e. The minimum atomic E-state index is -4.51. The van der Waals surface area contributed by atoms with Crippen molar-refractivity contribution < 1.29 is 27.5 Å². The molecular weight excluding hydrogens is 369 g/mol. The highest BCUT2D eigenvalue weighted by atomic mass is 32.1. The largest absolute Gasteiger partial charge is 0.452 e. The average molecular weight is 386 g/mol. The zero-order valence-electron chi connectivity index (χ0n) is 13.8. The summed E-state index contributed by atoms with van der Waals surface area (Å²) in [4.78, 5) is 25.2. The first-order valence-electron chi connectivity index (χ1n) is 8.13. The molecule has 0 aromatic carbocycles. The third-order valence-corrected chi connectivity index (χ3v) is 5.32. The molecule has 0 bridgehead atoms. The van der Waals surface area contributed by atoms with Gasteiger partial charge in [-0.05, 0) is 43.4 Å². The van der Waals surface area contributed by atoms with Gasteiger partial charge in [-0.1, -0.05) is 0 Å². The van der Waals surface area contributed by atoms with E-state index in [0.29, 0.717) is 10.6 Å². The van der Waals surface area contributed by atoms with Gasteiger partial charge in [-0.3, -0.25) is 4.79 Å². The summed E-state index contributed by atoms with van der Waals surface area (Å²) in [5.74, 6) is -1.67. The van der Waals surface area contributed by atoms with Crippen LogP contribution in [0.4, 0.5) is 13.2 Å². The van der Waals surface area contributed by atoms with E-state index in [1.165, 1.54) is 11.3 Å². The van der Waals surface area contributed by atoms with Crippen molar-refractivity contribution >= 4 is 23.2 Å². The number of rotatable bonds is 5. The van der Waals surface area contributed by atoms with Gasteiger partial charge < -0.3 is 14.6 Å². The second kappa shape index (κ2) is 7.53. The quantitative estimate of drug-likeness (QED) is 0.803. The first-order chi connectivity index (χ1) is 12.3. The van der Waals surface area contributed by atoms with Crippen LogP contribution in [0.3, 0.4) is 0 Å². The molecule has 140 valence electrons. The van der Waals surface area contributed by atoms with Crippen molar-refractivity contribution in [2.24, 2.45) is 0 Å². The van der Waals surface area contributed by atoms with Crippen LogP contribution in [-0.4, -0.2) is 35.8 Å². The van der Waals surface area contributed by atoms with Gasteiger partial charge in [-0.25, -0.2) is 4.79 Å². The predicted molar refractivity (Wildman–Crippen MR) is 89.6 cm³/mol. The Balaban J connectivity index is 1.74. The van der Waals surface area contributed by atoms with E-state index in [2.05, 4.69) is 0 Å². The van der Waals surface area contributed by atoms with Gasteiger partial charge in [0.25, 0.3) is 5.91 Å². The Labute approximate surface area is 151 Å². The Morgan fingerprint density at radius 1 is 1.19 bits per heavy atom. The molecule has 26 heavy (non-hydrogen) atoms. The number of nitrogens with one attached hydrogen (secondary N) is 1. The third kappa shape index (κ3) is 4.27. The topological polar surface area (TPSA) is 60.3 Å². The molecule has 0 unspecified atom stereocenters. The molecule has 5 nitrogen and oxygen atoms in total. The lowest BCUT2D eigenvalue weighted by Gasteiger charge is -2.13. The van der Waals surface area contributed by atoms with Crippen LogP contribution in [-0.2, 0) is 22.4 Å². The number of hydrogen-bond donors (Lipinski definition) is 1. The van der Waals surface area contributed by atoms with Crippen LogP contribution in [0.2, 0.25) is 0 Å². The van der Waals surface area contributed by atoms with Crippen LogP contribution in [0, 0.1) is 0 Å². The zero-order chi connectivity index (χ0) is 18.7. The zero-order valence-corrected chi connectivity index (χ0v) is 14.6. The Kier molecular flexibility index (Phi) is 5.36. The summed E-state index contributed by atoms with van der Waals surface area (Å²) in [7, 11) is 0. The molecule has 0 saturated heterocycles. The fourth-order valence-electron chi connectivity index (χ4n) is 2.87. The fourth-order valence-corrected chi connectivity index (χ4v) is 4.21. The first-order valence-corrected chi connectivity index (χ1v) is 8.95.